The molecule has 7 nitrogen and oxygen atoms in total. The Balaban J connectivity index is 3.71. The molecule has 3 atom stereocenters. The van der Waals surface area contributed by atoms with Gasteiger partial charge < -0.3 is 4.74 Å². The molecule has 0 aliphatic carbocycles. The number of nitrogens with zero attached hydrogens (tertiary/aromatic N) is 2. The van der Waals surface area contributed by atoms with Crippen molar-refractivity contribution in [3.63, 3.8) is 0 Å². The zero-order valence-corrected chi connectivity index (χ0v) is 22.2. The fourth-order valence-corrected chi connectivity index (χ4v) is 6.12. The zero-order chi connectivity index (χ0) is 25.4. The number of ether oxygens (including phenoxy) is 1. The van der Waals surface area contributed by atoms with E-state index in [1.807, 2.05) is 19.9 Å². The lowest BCUT2D eigenvalue weighted by Gasteiger charge is -2.37. The van der Waals surface area contributed by atoms with E-state index in [-0.39, 0.29) is 19.1 Å². The fourth-order valence-electron chi connectivity index (χ4n) is 3.22. The minimum absolute atomic E-state index is 0.0778. The summed E-state index contributed by atoms with van der Waals surface area (Å²) in [7, 11) is -5.46. The van der Waals surface area contributed by atoms with Gasteiger partial charge in [0.25, 0.3) is 0 Å². The Hall–Kier alpha value is -2.15. The van der Waals surface area contributed by atoms with Gasteiger partial charge in [-0.3, -0.25) is 4.79 Å². The molecule has 0 fully saturated rings. The number of rotatable bonds is 10. The number of esters is 1. The molecule has 0 aromatic heterocycles. The molecule has 0 heterocycles. The molecule has 0 unspecified atom stereocenters. The summed E-state index contributed by atoms with van der Waals surface area (Å²) in [5.41, 5.74) is 0. The van der Waals surface area contributed by atoms with E-state index in [0.717, 1.165) is 4.31 Å². The highest BCUT2D eigenvalue weighted by Gasteiger charge is 2.45. The van der Waals surface area contributed by atoms with Gasteiger partial charge in [0.1, 0.15) is 6.04 Å². The molecule has 0 saturated heterocycles. The molecule has 1 rings (SSSR count). The van der Waals surface area contributed by atoms with Gasteiger partial charge in [-0.25, -0.2) is 17.0 Å². The minimum Gasteiger partial charge on any atom is -0.465 e. The van der Waals surface area contributed by atoms with Crippen molar-refractivity contribution in [2.24, 2.45) is 16.2 Å². The van der Waals surface area contributed by atoms with E-state index in [1.54, 1.807) is 58.0 Å². The molecule has 0 aliphatic heterocycles. The Morgan fingerprint density at radius 1 is 1.21 bits per heavy atom. The van der Waals surface area contributed by atoms with Gasteiger partial charge in [-0.05, 0) is 45.7 Å². The second-order valence-corrected chi connectivity index (χ2v) is 13.7. The van der Waals surface area contributed by atoms with Gasteiger partial charge in [-0.2, -0.15) is 4.31 Å². The summed E-state index contributed by atoms with van der Waals surface area (Å²) in [5.74, 6) is 0.789. The van der Waals surface area contributed by atoms with Gasteiger partial charge in [-0.1, -0.05) is 44.0 Å². The molecular formula is C24H36N2O5S2. The van der Waals surface area contributed by atoms with E-state index < -0.39 is 42.4 Å². The highest BCUT2D eigenvalue weighted by molar-refractivity contribution is 7.96. The number of benzene rings is 1. The quantitative estimate of drug-likeness (QED) is 0.361. The Bertz CT molecular complexity index is 1090. The van der Waals surface area contributed by atoms with Gasteiger partial charge in [0, 0.05) is 18.4 Å². The standard InChI is InChI=1S/C24H36N2O5S2/c1-9-17-26(33(29,30)24(5,6)7)22(23(27)31-10-2)21(19(3)4)16-18-32(28,25-8)20-14-12-11-13-15-20/h1,11-16,18-19,21-22H,10,17H2,2-8H3/b18-16+/t21-,22-,32-/m0/s1. The summed E-state index contributed by atoms with van der Waals surface area (Å²) in [6.45, 7) is 9.78. The van der Waals surface area contributed by atoms with Gasteiger partial charge in [0.05, 0.1) is 32.5 Å². The van der Waals surface area contributed by atoms with Gasteiger partial charge >= 0.3 is 5.97 Å². The van der Waals surface area contributed by atoms with Crippen LogP contribution in [0.1, 0.15) is 41.5 Å². The molecule has 0 spiro atoms. The van der Waals surface area contributed by atoms with Crippen LogP contribution in [0.3, 0.4) is 0 Å². The molecule has 33 heavy (non-hydrogen) atoms. The Morgan fingerprint density at radius 3 is 2.21 bits per heavy atom. The third-order valence-electron chi connectivity index (χ3n) is 5.14. The van der Waals surface area contributed by atoms with Crippen LogP contribution in [0.4, 0.5) is 0 Å². The first-order valence-corrected chi connectivity index (χ1v) is 13.8. The topological polar surface area (TPSA) is 93.1 Å². The third-order valence-corrected chi connectivity index (χ3v) is 9.68. The van der Waals surface area contributed by atoms with Crippen molar-refractivity contribution >= 4 is 25.7 Å². The summed E-state index contributed by atoms with van der Waals surface area (Å²) in [6, 6.07) is 7.53. The van der Waals surface area contributed by atoms with E-state index >= 15 is 0 Å². The maximum Gasteiger partial charge on any atom is 0.325 e. The first-order valence-electron chi connectivity index (χ1n) is 10.8. The average molecular weight is 497 g/mol. The maximum atomic E-state index is 13.5. The zero-order valence-electron chi connectivity index (χ0n) is 20.5. The van der Waals surface area contributed by atoms with E-state index in [2.05, 4.69) is 10.3 Å². The van der Waals surface area contributed by atoms with Gasteiger partial charge in [0.15, 0.2) is 0 Å². The number of hydrogen-bond donors (Lipinski definition) is 0. The highest BCUT2D eigenvalue weighted by Crippen LogP contribution is 2.30. The molecule has 0 bridgehead atoms. The number of carbonyl (C=O) groups excluding carboxylic acids is 1. The largest absolute Gasteiger partial charge is 0.465 e. The van der Waals surface area contributed by atoms with Gasteiger partial charge in [0.2, 0.25) is 10.0 Å². The van der Waals surface area contributed by atoms with Crippen LogP contribution in [-0.4, -0.2) is 53.9 Å². The van der Waals surface area contributed by atoms with Gasteiger partial charge in [-0.15, -0.1) is 6.42 Å². The highest BCUT2D eigenvalue weighted by atomic mass is 32.2. The molecule has 1 aromatic carbocycles. The summed E-state index contributed by atoms with van der Waals surface area (Å²) in [4.78, 5) is 13.6. The number of hydrogen-bond acceptors (Lipinski definition) is 6. The second kappa shape index (κ2) is 11.8. The lowest BCUT2D eigenvalue weighted by atomic mass is 9.88. The SMILES string of the molecule is C#CCN([C@H](C(=O)OCC)[C@@H](/C=C/[S@@](=O)(=NC)c1ccccc1)C(C)C)S(=O)(=O)C(C)(C)C. The monoisotopic (exact) mass is 496 g/mol. The van der Waals surface area contributed by atoms with Crippen LogP contribution in [0.15, 0.2) is 51.1 Å². The van der Waals surface area contributed by atoms with Crippen molar-refractivity contribution in [1.82, 2.24) is 4.31 Å². The molecule has 9 heteroatoms. The third kappa shape index (κ3) is 6.92. The summed E-state index contributed by atoms with van der Waals surface area (Å²) in [6.07, 6.45) is 7.12. The van der Waals surface area contributed by atoms with E-state index in [4.69, 9.17) is 11.2 Å². The summed E-state index contributed by atoms with van der Waals surface area (Å²) >= 11 is 0. The molecule has 184 valence electrons. The summed E-state index contributed by atoms with van der Waals surface area (Å²) < 4.78 is 49.6. The van der Waals surface area contributed by atoms with E-state index in [9.17, 15) is 17.4 Å². The Kier molecular flexibility index (Phi) is 10.3. The van der Waals surface area contributed by atoms with Crippen LogP contribution in [0.25, 0.3) is 0 Å². The van der Waals surface area contributed by atoms with Crippen molar-refractivity contribution in [2.45, 2.75) is 57.2 Å². The van der Waals surface area contributed by atoms with Crippen LogP contribution in [0.2, 0.25) is 0 Å². The predicted octanol–water partition coefficient (Wildman–Crippen LogP) is 3.92. The molecule has 0 radical (unpaired) electrons. The second-order valence-electron chi connectivity index (χ2n) is 8.78. The molecule has 0 saturated carbocycles. The lowest BCUT2D eigenvalue weighted by molar-refractivity contribution is -0.149. The van der Waals surface area contributed by atoms with Crippen molar-refractivity contribution in [2.75, 3.05) is 20.2 Å². The van der Waals surface area contributed by atoms with Crippen LogP contribution in [-0.2, 0) is 29.3 Å². The van der Waals surface area contributed by atoms with Crippen LogP contribution < -0.4 is 0 Å². The number of terminal acetylenes is 1. The van der Waals surface area contributed by atoms with Crippen LogP contribution in [0.5, 0.6) is 0 Å². The van der Waals surface area contributed by atoms with Crippen molar-refractivity contribution in [1.29, 1.82) is 0 Å². The Morgan fingerprint density at radius 2 is 1.79 bits per heavy atom. The van der Waals surface area contributed by atoms with Crippen molar-refractivity contribution in [3.8, 4) is 12.3 Å². The van der Waals surface area contributed by atoms with Crippen molar-refractivity contribution in [3.05, 3.63) is 41.8 Å². The molecule has 1 aromatic rings. The first-order chi connectivity index (χ1) is 15.3. The number of carbonyl (C=O) groups is 1. The van der Waals surface area contributed by atoms with Crippen LogP contribution >= 0.6 is 0 Å². The molecule has 0 N–H and O–H groups in total. The van der Waals surface area contributed by atoms with Crippen molar-refractivity contribution < 1.29 is 22.2 Å². The van der Waals surface area contributed by atoms with Crippen LogP contribution in [0, 0.1) is 24.2 Å². The molecule has 0 aliphatic rings. The lowest BCUT2D eigenvalue weighted by Crippen LogP contribution is -2.55. The fraction of sp³-hybridized carbons (Fsp3) is 0.542. The average Bonchev–Trinajstić information content (AvgIpc) is 2.74. The smallest absolute Gasteiger partial charge is 0.325 e. The maximum absolute atomic E-state index is 13.5. The number of sulfonamides is 1. The molecular weight excluding hydrogens is 460 g/mol. The first kappa shape index (κ1) is 28.9. The minimum atomic E-state index is -3.99. The van der Waals surface area contributed by atoms with E-state index in [1.165, 1.54) is 12.5 Å². The van der Waals surface area contributed by atoms with E-state index in [0.29, 0.717) is 4.90 Å². The predicted molar refractivity (Wildman–Crippen MR) is 133 cm³/mol. The molecule has 0 amide bonds. The normalized spacial score (nSPS) is 16.2. The Labute approximate surface area is 199 Å². The summed E-state index contributed by atoms with van der Waals surface area (Å²) in [5, 5.41) is 1.46.